The Morgan fingerprint density at radius 2 is 2.16 bits per heavy atom. The summed E-state index contributed by atoms with van der Waals surface area (Å²) < 4.78 is 0. The van der Waals surface area contributed by atoms with E-state index in [1.807, 2.05) is 32.1 Å². The molecule has 102 valence electrons. The monoisotopic (exact) mass is 257 g/mol. The van der Waals surface area contributed by atoms with Gasteiger partial charge in [-0.2, -0.15) is 0 Å². The Labute approximate surface area is 116 Å². The molecule has 0 aliphatic heterocycles. The lowest BCUT2D eigenvalue weighted by Gasteiger charge is -2.06. The Hall–Kier alpha value is -1.83. The van der Waals surface area contributed by atoms with Crippen molar-refractivity contribution in [3.8, 4) is 0 Å². The van der Waals surface area contributed by atoms with Gasteiger partial charge in [-0.05, 0) is 32.8 Å². The smallest absolute Gasteiger partial charge is 0.224 e. The highest BCUT2D eigenvalue weighted by atomic mass is 16.1. The molecule has 0 bridgehead atoms. The lowest BCUT2D eigenvalue weighted by molar-refractivity contribution is -0.120. The number of nitrogens with one attached hydrogen (secondary N) is 1. The summed E-state index contributed by atoms with van der Waals surface area (Å²) in [6, 6.07) is 8.38. The fraction of sp³-hybridized carbons (Fsp3) is 0.353. The molecule has 0 aromatic heterocycles. The minimum atomic E-state index is 0.0888. The maximum absolute atomic E-state index is 11.7. The van der Waals surface area contributed by atoms with Crippen LogP contribution in [0.4, 0.5) is 0 Å². The van der Waals surface area contributed by atoms with Gasteiger partial charge in [-0.25, -0.2) is 0 Å². The number of amides is 1. The summed E-state index contributed by atoms with van der Waals surface area (Å²) in [6.45, 7) is 6.71. The Bertz CT molecular complexity index is 472. The van der Waals surface area contributed by atoms with Crippen molar-refractivity contribution in [1.29, 1.82) is 0 Å². The van der Waals surface area contributed by atoms with Gasteiger partial charge in [-0.3, -0.25) is 4.79 Å². The fourth-order valence-corrected chi connectivity index (χ4v) is 1.85. The van der Waals surface area contributed by atoms with Crippen LogP contribution in [0.2, 0.25) is 0 Å². The number of hydrogen-bond acceptors (Lipinski definition) is 1. The van der Waals surface area contributed by atoms with Crippen molar-refractivity contribution in [2.45, 2.75) is 33.6 Å². The zero-order valence-corrected chi connectivity index (χ0v) is 12.1. The van der Waals surface area contributed by atoms with E-state index in [1.165, 1.54) is 11.1 Å². The second-order valence-corrected chi connectivity index (χ2v) is 4.80. The van der Waals surface area contributed by atoms with Crippen molar-refractivity contribution in [3.05, 3.63) is 59.2 Å². The molecule has 1 aromatic rings. The zero-order chi connectivity index (χ0) is 14.1. The van der Waals surface area contributed by atoms with E-state index in [0.717, 1.165) is 12.0 Å². The van der Waals surface area contributed by atoms with E-state index < -0.39 is 0 Å². The molecule has 0 fully saturated rings. The third kappa shape index (κ3) is 6.61. The van der Waals surface area contributed by atoms with E-state index in [2.05, 4.69) is 36.5 Å². The molecule has 1 N–H and O–H groups in total. The molecule has 0 saturated carbocycles. The van der Waals surface area contributed by atoms with Crippen LogP contribution in [0.1, 0.15) is 31.4 Å². The second-order valence-electron chi connectivity index (χ2n) is 4.80. The molecule has 0 aliphatic carbocycles. The van der Waals surface area contributed by atoms with Gasteiger partial charge in [-0.15, -0.1) is 0 Å². The highest BCUT2D eigenvalue weighted by molar-refractivity contribution is 5.78. The van der Waals surface area contributed by atoms with Crippen molar-refractivity contribution in [2.75, 3.05) is 6.54 Å². The van der Waals surface area contributed by atoms with Gasteiger partial charge in [0.15, 0.2) is 0 Å². The SMILES string of the molecule is C/C=C\C=C(/C)CC(=O)NCCc1cccc(C)c1. The van der Waals surface area contributed by atoms with E-state index in [-0.39, 0.29) is 5.91 Å². The standard InChI is InChI=1S/C17H23NO/c1-4-5-7-15(3)13-17(19)18-11-10-16-9-6-8-14(2)12-16/h4-9,12H,10-11,13H2,1-3H3,(H,18,19)/b5-4-,15-7+. The van der Waals surface area contributed by atoms with Gasteiger partial charge in [0.05, 0.1) is 0 Å². The third-order valence-electron chi connectivity index (χ3n) is 2.83. The number of aryl methyl sites for hydroxylation is 1. The molecule has 2 heteroatoms. The van der Waals surface area contributed by atoms with Gasteiger partial charge in [0.2, 0.25) is 5.91 Å². The molecule has 0 heterocycles. The van der Waals surface area contributed by atoms with Crippen LogP contribution in [-0.2, 0) is 11.2 Å². The Balaban J connectivity index is 2.31. The van der Waals surface area contributed by atoms with Gasteiger partial charge in [0.25, 0.3) is 0 Å². The van der Waals surface area contributed by atoms with E-state index >= 15 is 0 Å². The van der Waals surface area contributed by atoms with Crippen LogP contribution in [0.15, 0.2) is 48.1 Å². The molecule has 0 radical (unpaired) electrons. The normalized spacial score (nSPS) is 11.8. The molecule has 1 rings (SSSR count). The summed E-state index contributed by atoms with van der Waals surface area (Å²) in [5.41, 5.74) is 3.60. The lowest BCUT2D eigenvalue weighted by Crippen LogP contribution is -2.25. The summed E-state index contributed by atoms with van der Waals surface area (Å²) in [5, 5.41) is 2.95. The highest BCUT2D eigenvalue weighted by Gasteiger charge is 2.01. The molecule has 1 aromatic carbocycles. The van der Waals surface area contributed by atoms with Crippen molar-refractivity contribution in [1.82, 2.24) is 5.32 Å². The van der Waals surface area contributed by atoms with E-state index in [0.29, 0.717) is 13.0 Å². The van der Waals surface area contributed by atoms with Gasteiger partial charge in [-0.1, -0.05) is 53.6 Å². The summed E-state index contributed by atoms with van der Waals surface area (Å²) in [4.78, 5) is 11.7. The first-order chi connectivity index (χ1) is 9.11. The Kier molecular flexibility index (Phi) is 6.65. The zero-order valence-electron chi connectivity index (χ0n) is 12.1. The van der Waals surface area contributed by atoms with Gasteiger partial charge in [0, 0.05) is 13.0 Å². The topological polar surface area (TPSA) is 29.1 Å². The molecule has 2 nitrogen and oxygen atoms in total. The van der Waals surface area contributed by atoms with Crippen molar-refractivity contribution < 1.29 is 4.79 Å². The minimum Gasteiger partial charge on any atom is -0.355 e. The molecule has 0 spiro atoms. The van der Waals surface area contributed by atoms with Gasteiger partial charge < -0.3 is 5.32 Å². The summed E-state index contributed by atoms with van der Waals surface area (Å²) in [6.07, 6.45) is 7.23. The molecule has 0 atom stereocenters. The van der Waals surface area contributed by atoms with Crippen molar-refractivity contribution in [3.63, 3.8) is 0 Å². The predicted molar refractivity (Wildman–Crippen MR) is 81.1 cm³/mol. The minimum absolute atomic E-state index is 0.0888. The molecule has 1 amide bonds. The number of benzene rings is 1. The Morgan fingerprint density at radius 3 is 2.84 bits per heavy atom. The maximum Gasteiger partial charge on any atom is 0.224 e. The third-order valence-corrected chi connectivity index (χ3v) is 2.83. The summed E-state index contributed by atoms with van der Waals surface area (Å²) in [7, 11) is 0. The van der Waals surface area contributed by atoms with Crippen LogP contribution in [0.3, 0.4) is 0 Å². The van der Waals surface area contributed by atoms with Crippen LogP contribution < -0.4 is 5.32 Å². The number of rotatable bonds is 6. The molecular weight excluding hydrogens is 234 g/mol. The number of carbonyl (C=O) groups excluding carboxylic acids is 1. The second kappa shape index (κ2) is 8.30. The quantitative estimate of drug-likeness (QED) is 0.776. The predicted octanol–water partition coefficient (Wildman–Crippen LogP) is 3.57. The Morgan fingerprint density at radius 1 is 1.37 bits per heavy atom. The van der Waals surface area contributed by atoms with Gasteiger partial charge >= 0.3 is 0 Å². The van der Waals surface area contributed by atoms with Crippen LogP contribution in [0, 0.1) is 6.92 Å². The fourth-order valence-electron chi connectivity index (χ4n) is 1.85. The lowest BCUT2D eigenvalue weighted by atomic mass is 10.1. The average molecular weight is 257 g/mol. The van der Waals surface area contributed by atoms with Crippen molar-refractivity contribution >= 4 is 5.91 Å². The highest BCUT2D eigenvalue weighted by Crippen LogP contribution is 2.04. The van der Waals surface area contributed by atoms with E-state index in [4.69, 9.17) is 0 Å². The molecule has 0 unspecified atom stereocenters. The number of allylic oxidation sites excluding steroid dienone is 3. The van der Waals surface area contributed by atoms with Crippen LogP contribution in [0.25, 0.3) is 0 Å². The summed E-state index contributed by atoms with van der Waals surface area (Å²) >= 11 is 0. The molecular formula is C17H23NO. The number of hydrogen-bond donors (Lipinski definition) is 1. The maximum atomic E-state index is 11.7. The molecule has 0 aliphatic rings. The van der Waals surface area contributed by atoms with Crippen LogP contribution in [0.5, 0.6) is 0 Å². The largest absolute Gasteiger partial charge is 0.355 e. The van der Waals surface area contributed by atoms with Crippen molar-refractivity contribution in [2.24, 2.45) is 0 Å². The van der Waals surface area contributed by atoms with Gasteiger partial charge in [0.1, 0.15) is 0 Å². The molecule has 19 heavy (non-hydrogen) atoms. The van der Waals surface area contributed by atoms with Crippen LogP contribution in [-0.4, -0.2) is 12.5 Å². The first-order valence-corrected chi connectivity index (χ1v) is 6.72. The van der Waals surface area contributed by atoms with E-state index in [9.17, 15) is 4.79 Å². The first-order valence-electron chi connectivity index (χ1n) is 6.72. The first kappa shape index (κ1) is 15.2. The van der Waals surface area contributed by atoms with E-state index in [1.54, 1.807) is 0 Å². The average Bonchev–Trinajstić information content (AvgIpc) is 2.36. The molecule has 0 saturated heterocycles. The number of carbonyl (C=O) groups is 1. The summed E-state index contributed by atoms with van der Waals surface area (Å²) in [5.74, 6) is 0.0888. The van der Waals surface area contributed by atoms with Crippen LogP contribution >= 0.6 is 0 Å².